The topological polar surface area (TPSA) is 48.7 Å². The number of halogens is 6. The molecule has 0 spiro atoms. The molecule has 1 heterocycles. The fourth-order valence-electron chi connectivity index (χ4n) is 3.40. The van der Waals surface area contributed by atoms with Crippen LogP contribution in [0.25, 0.3) is 11.0 Å². The fourth-order valence-corrected chi connectivity index (χ4v) is 3.83. The first-order chi connectivity index (χ1) is 16.4. The van der Waals surface area contributed by atoms with Crippen molar-refractivity contribution in [2.24, 2.45) is 0 Å². The summed E-state index contributed by atoms with van der Waals surface area (Å²) in [6, 6.07) is 11.8. The van der Waals surface area contributed by atoms with Gasteiger partial charge in [0.25, 0.3) is 5.76 Å². The number of hydrogen-bond donors (Lipinski definition) is 0. The van der Waals surface area contributed by atoms with Gasteiger partial charge < -0.3 is 13.9 Å². The van der Waals surface area contributed by atoms with Gasteiger partial charge in [-0.1, -0.05) is 40.9 Å². The lowest BCUT2D eigenvalue weighted by atomic mass is 10.1. The van der Waals surface area contributed by atoms with Gasteiger partial charge in [-0.2, -0.15) is 13.2 Å². The quantitative estimate of drug-likeness (QED) is 0.252. The van der Waals surface area contributed by atoms with Crippen LogP contribution in [0.15, 0.2) is 57.7 Å². The summed E-state index contributed by atoms with van der Waals surface area (Å²) in [5, 5.41) is 1.07. The molecule has 182 valence electrons. The second-order valence-electron chi connectivity index (χ2n) is 7.76. The minimum Gasteiger partial charge on any atom is -0.489 e. The summed E-state index contributed by atoms with van der Waals surface area (Å²) < 4.78 is 57.7. The van der Waals surface area contributed by atoms with Crippen LogP contribution in [0.5, 0.6) is 17.2 Å². The SMILES string of the molecule is Cc1cc(Oc2c(C(F)(F)F)oc3cc(OCc4ccc(Cl)c(Cl)c4)ccc3c2=O)cc(C)c1Cl. The van der Waals surface area contributed by atoms with E-state index in [4.69, 9.17) is 48.7 Å². The molecule has 0 aliphatic heterocycles. The normalized spacial score (nSPS) is 11.7. The predicted molar refractivity (Wildman–Crippen MR) is 129 cm³/mol. The van der Waals surface area contributed by atoms with Gasteiger partial charge in [-0.05, 0) is 66.9 Å². The summed E-state index contributed by atoms with van der Waals surface area (Å²) in [5.74, 6) is -2.29. The Kier molecular flexibility index (Phi) is 6.95. The Morgan fingerprint density at radius 3 is 2.20 bits per heavy atom. The lowest BCUT2D eigenvalue weighted by Crippen LogP contribution is -2.15. The molecule has 0 bridgehead atoms. The number of fused-ring (bicyclic) bond motifs is 1. The molecule has 0 N–H and O–H groups in total. The monoisotopic (exact) mass is 542 g/mol. The zero-order valence-electron chi connectivity index (χ0n) is 18.2. The standard InChI is InChI=1S/C25H16Cl3F3O4/c1-12-7-16(8-13(2)21(12)28)34-23-22(32)17-5-4-15(10-20(17)35-24(23)25(29,30)31)33-11-14-3-6-18(26)19(27)9-14/h3-10H,11H2,1-2H3. The molecule has 0 amide bonds. The number of alkyl halides is 3. The van der Waals surface area contributed by atoms with Crippen LogP contribution in [0.2, 0.25) is 15.1 Å². The van der Waals surface area contributed by atoms with Crippen molar-refractivity contribution >= 4 is 45.8 Å². The maximum Gasteiger partial charge on any atom is 0.453 e. The van der Waals surface area contributed by atoms with Gasteiger partial charge in [0, 0.05) is 11.1 Å². The van der Waals surface area contributed by atoms with E-state index in [1.807, 2.05) is 0 Å². The third-order valence-corrected chi connectivity index (χ3v) is 6.43. The largest absolute Gasteiger partial charge is 0.489 e. The molecule has 0 fully saturated rings. The summed E-state index contributed by atoms with van der Waals surface area (Å²) in [5.41, 5.74) is 0.590. The number of hydrogen-bond acceptors (Lipinski definition) is 4. The predicted octanol–water partition coefficient (Wildman–Crippen LogP) is 8.76. The molecular weight excluding hydrogens is 528 g/mol. The highest BCUT2D eigenvalue weighted by atomic mass is 35.5. The minimum absolute atomic E-state index is 0.0307. The third kappa shape index (κ3) is 5.37. The van der Waals surface area contributed by atoms with E-state index >= 15 is 0 Å². The first-order valence-electron chi connectivity index (χ1n) is 10.1. The molecule has 0 aliphatic carbocycles. The molecule has 0 aliphatic rings. The number of aryl methyl sites for hydroxylation is 2. The van der Waals surface area contributed by atoms with Crippen molar-refractivity contribution in [3.8, 4) is 17.2 Å². The van der Waals surface area contributed by atoms with Gasteiger partial charge in [-0.25, -0.2) is 0 Å². The molecule has 1 aromatic heterocycles. The average molecular weight is 544 g/mol. The Morgan fingerprint density at radius 1 is 0.886 bits per heavy atom. The van der Waals surface area contributed by atoms with Gasteiger partial charge in [0.15, 0.2) is 0 Å². The van der Waals surface area contributed by atoms with E-state index in [-0.39, 0.29) is 29.1 Å². The van der Waals surface area contributed by atoms with Crippen molar-refractivity contribution in [3.63, 3.8) is 0 Å². The van der Waals surface area contributed by atoms with Crippen molar-refractivity contribution in [1.29, 1.82) is 0 Å². The first kappa shape index (κ1) is 25.2. The molecule has 0 atom stereocenters. The number of ether oxygens (including phenoxy) is 2. The highest BCUT2D eigenvalue weighted by Gasteiger charge is 2.40. The van der Waals surface area contributed by atoms with Crippen molar-refractivity contribution in [1.82, 2.24) is 0 Å². The van der Waals surface area contributed by atoms with E-state index in [0.717, 1.165) is 0 Å². The Balaban J connectivity index is 1.73. The van der Waals surface area contributed by atoms with E-state index in [0.29, 0.717) is 31.8 Å². The smallest absolute Gasteiger partial charge is 0.453 e. The zero-order chi connectivity index (χ0) is 25.5. The Bertz CT molecular complexity index is 1470. The van der Waals surface area contributed by atoms with Gasteiger partial charge in [-0.15, -0.1) is 0 Å². The van der Waals surface area contributed by atoms with E-state index < -0.39 is 23.1 Å². The second-order valence-corrected chi connectivity index (χ2v) is 8.95. The highest BCUT2D eigenvalue weighted by Crippen LogP contribution is 2.39. The molecule has 0 radical (unpaired) electrons. The van der Waals surface area contributed by atoms with Gasteiger partial charge in [-0.3, -0.25) is 4.79 Å². The Hall–Kier alpha value is -2.87. The maximum absolute atomic E-state index is 13.8. The lowest BCUT2D eigenvalue weighted by Gasteiger charge is -2.15. The van der Waals surface area contributed by atoms with E-state index in [1.165, 1.54) is 30.3 Å². The van der Waals surface area contributed by atoms with Gasteiger partial charge in [0.05, 0.1) is 15.4 Å². The maximum atomic E-state index is 13.8. The Labute approximate surface area is 212 Å². The molecular formula is C25H16Cl3F3O4. The zero-order valence-corrected chi connectivity index (χ0v) is 20.5. The van der Waals surface area contributed by atoms with Crippen LogP contribution >= 0.6 is 34.8 Å². The van der Waals surface area contributed by atoms with Gasteiger partial charge in [0.2, 0.25) is 11.2 Å². The summed E-state index contributed by atoms with van der Waals surface area (Å²) in [6.07, 6.45) is -4.99. The molecule has 10 heteroatoms. The summed E-state index contributed by atoms with van der Waals surface area (Å²) in [4.78, 5) is 13.0. The molecule has 0 unspecified atom stereocenters. The van der Waals surface area contributed by atoms with Crippen LogP contribution in [0, 0.1) is 13.8 Å². The molecule has 0 saturated heterocycles. The molecule has 3 aromatic carbocycles. The molecule has 4 nitrogen and oxygen atoms in total. The number of rotatable bonds is 5. The summed E-state index contributed by atoms with van der Waals surface area (Å²) in [6.45, 7) is 3.42. The van der Waals surface area contributed by atoms with Crippen LogP contribution in [-0.4, -0.2) is 0 Å². The lowest BCUT2D eigenvalue weighted by molar-refractivity contribution is -0.154. The molecule has 4 rings (SSSR count). The summed E-state index contributed by atoms with van der Waals surface area (Å²) in [7, 11) is 0. The third-order valence-electron chi connectivity index (χ3n) is 5.10. The van der Waals surface area contributed by atoms with Crippen molar-refractivity contribution in [3.05, 3.63) is 96.3 Å². The van der Waals surface area contributed by atoms with Crippen LogP contribution < -0.4 is 14.9 Å². The van der Waals surface area contributed by atoms with Gasteiger partial charge in [0.1, 0.15) is 23.7 Å². The molecule has 4 aromatic rings. The van der Waals surface area contributed by atoms with E-state index in [2.05, 4.69) is 0 Å². The van der Waals surface area contributed by atoms with Crippen molar-refractivity contribution in [2.45, 2.75) is 26.6 Å². The van der Waals surface area contributed by atoms with E-state index in [9.17, 15) is 18.0 Å². The number of benzene rings is 3. The van der Waals surface area contributed by atoms with Crippen molar-refractivity contribution in [2.75, 3.05) is 0 Å². The van der Waals surface area contributed by atoms with E-state index in [1.54, 1.807) is 32.0 Å². The molecule has 35 heavy (non-hydrogen) atoms. The fraction of sp³-hybridized carbons (Fsp3) is 0.160. The second kappa shape index (κ2) is 9.64. The first-order valence-corrected chi connectivity index (χ1v) is 11.3. The van der Waals surface area contributed by atoms with Crippen LogP contribution in [-0.2, 0) is 12.8 Å². The molecule has 0 saturated carbocycles. The Morgan fingerprint density at radius 2 is 1.57 bits per heavy atom. The average Bonchev–Trinajstić information content (AvgIpc) is 2.79. The highest BCUT2D eigenvalue weighted by molar-refractivity contribution is 6.42. The summed E-state index contributed by atoms with van der Waals surface area (Å²) >= 11 is 18.0. The minimum atomic E-state index is -4.99. The van der Waals surface area contributed by atoms with Gasteiger partial charge >= 0.3 is 6.18 Å². The van der Waals surface area contributed by atoms with Crippen LogP contribution in [0.1, 0.15) is 22.5 Å². The van der Waals surface area contributed by atoms with Crippen LogP contribution in [0.3, 0.4) is 0 Å². The van der Waals surface area contributed by atoms with Crippen molar-refractivity contribution < 1.29 is 27.1 Å². The van der Waals surface area contributed by atoms with Crippen LogP contribution in [0.4, 0.5) is 13.2 Å².